The Labute approximate surface area is 201 Å². The highest BCUT2D eigenvalue weighted by Crippen LogP contribution is 2.31. The van der Waals surface area contributed by atoms with Crippen molar-refractivity contribution in [3.05, 3.63) is 99.1 Å². The van der Waals surface area contributed by atoms with E-state index in [1.54, 1.807) is 50.4 Å². The van der Waals surface area contributed by atoms with Crippen LogP contribution in [-0.4, -0.2) is 41.2 Å². The first-order valence-corrected chi connectivity index (χ1v) is 11.0. The summed E-state index contributed by atoms with van der Waals surface area (Å²) in [6, 6.07) is 16.7. The third kappa shape index (κ3) is 4.35. The molecule has 1 atom stereocenters. The van der Waals surface area contributed by atoms with E-state index in [4.69, 9.17) is 4.74 Å². The zero-order chi connectivity index (χ0) is 25.3. The molecule has 1 unspecified atom stereocenters. The standard InChI is InChI=1S/C26H23N3O6/c1-4-35-21-11-9-19(10-12-21)28-25(31)22-13-8-18(15-23(22)26(28)32)24(30)27(3)16(2)17-6-5-7-20(14-17)29(33)34/h5-16H,4H2,1-3H3. The summed E-state index contributed by atoms with van der Waals surface area (Å²) in [4.78, 5) is 52.3. The van der Waals surface area contributed by atoms with E-state index < -0.39 is 22.8 Å². The second-order valence-corrected chi connectivity index (χ2v) is 8.08. The van der Waals surface area contributed by atoms with E-state index in [0.717, 1.165) is 4.90 Å². The number of anilines is 1. The molecular weight excluding hydrogens is 450 g/mol. The van der Waals surface area contributed by atoms with Gasteiger partial charge in [0.15, 0.2) is 0 Å². The second kappa shape index (κ2) is 9.38. The Morgan fingerprint density at radius 1 is 1.03 bits per heavy atom. The van der Waals surface area contributed by atoms with Gasteiger partial charge in [-0.05, 0) is 61.9 Å². The highest BCUT2D eigenvalue weighted by atomic mass is 16.6. The lowest BCUT2D eigenvalue weighted by Gasteiger charge is -2.25. The normalized spacial score (nSPS) is 13.4. The summed E-state index contributed by atoms with van der Waals surface area (Å²) in [7, 11) is 1.58. The lowest BCUT2D eigenvalue weighted by Crippen LogP contribution is -2.30. The van der Waals surface area contributed by atoms with E-state index in [0.29, 0.717) is 23.6 Å². The first kappa shape index (κ1) is 23.6. The van der Waals surface area contributed by atoms with Gasteiger partial charge in [0.25, 0.3) is 23.4 Å². The molecule has 0 N–H and O–H groups in total. The van der Waals surface area contributed by atoms with E-state index in [2.05, 4.69) is 0 Å². The van der Waals surface area contributed by atoms with Gasteiger partial charge in [-0.15, -0.1) is 0 Å². The van der Waals surface area contributed by atoms with Gasteiger partial charge in [0.1, 0.15) is 5.75 Å². The number of hydrogen-bond acceptors (Lipinski definition) is 6. The van der Waals surface area contributed by atoms with Gasteiger partial charge >= 0.3 is 0 Å². The average Bonchev–Trinajstić information content (AvgIpc) is 3.12. The molecule has 3 aromatic carbocycles. The molecule has 0 radical (unpaired) electrons. The SMILES string of the molecule is CCOc1ccc(N2C(=O)c3ccc(C(=O)N(C)C(C)c4cccc([N+](=O)[O-])c4)cc3C2=O)cc1. The number of non-ortho nitro benzene ring substituents is 1. The van der Waals surface area contributed by atoms with Gasteiger partial charge in [-0.3, -0.25) is 24.5 Å². The molecule has 9 heteroatoms. The zero-order valence-corrected chi connectivity index (χ0v) is 19.4. The van der Waals surface area contributed by atoms with Crippen molar-refractivity contribution in [3.63, 3.8) is 0 Å². The molecule has 1 heterocycles. The number of benzene rings is 3. The molecule has 3 amide bonds. The maximum Gasteiger partial charge on any atom is 0.269 e. The number of nitro benzene ring substituents is 1. The smallest absolute Gasteiger partial charge is 0.269 e. The van der Waals surface area contributed by atoms with Gasteiger partial charge < -0.3 is 9.64 Å². The van der Waals surface area contributed by atoms with Crippen molar-refractivity contribution in [2.75, 3.05) is 18.6 Å². The molecular formula is C26H23N3O6. The van der Waals surface area contributed by atoms with Gasteiger partial charge in [0.05, 0.1) is 34.4 Å². The summed E-state index contributed by atoms with van der Waals surface area (Å²) in [5.41, 5.74) is 1.54. The monoisotopic (exact) mass is 473 g/mol. The molecule has 1 aliphatic rings. The molecule has 9 nitrogen and oxygen atoms in total. The molecule has 4 rings (SSSR count). The van der Waals surface area contributed by atoms with Crippen LogP contribution in [0.3, 0.4) is 0 Å². The molecule has 0 saturated carbocycles. The number of rotatable bonds is 7. The highest BCUT2D eigenvalue weighted by molar-refractivity contribution is 6.34. The van der Waals surface area contributed by atoms with Crippen molar-refractivity contribution in [2.45, 2.75) is 19.9 Å². The van der Waals surface area contributed by atoms with Crippen LogP contribution in [0.2, 0.25) is 0 Å². The lowest BCUT2D eigenvalue weighted by atomic mass is 10.0. The molecule has 0 aliphatic carbocycles. The van der Waals surface area contributed by atoms with Crippen LogP contribution in [-0.2, 0) is 0 Å². The van der Waals surface area contributed by atoms with E-state index >= 15 is 0 Å². The number of nitrogens with zero attached hydrogens (tertiary/aromatic N) is 3. The average molecular weight is 473 g/mol. The molecule has 0 fully saturated rings. The predicted octanol–water partition coefficient (Wildman–Crippen LogP) is 4.63. The van der Waals surface area contributed by atoms with Crippen molar-refractivity contribution >= 4 is 29.1 Å². The predicted molar refractivity (Wildman–Crippen MR) is 129 cm³/mol. The fourth-order valence-electron chi connectivity index (χ4n) is 3.97. The summed E-state index contributed by atoms with van der Waals surface area (Å²) < 4.78 is 5.41. The van der Waals surface area contributed by atoms with Crippen LogP contribution in [0.5, 0.6) is 5.75 Å². The Balaban J connectivity index is 1.58. The van der Waals surface area contributed by atoms with Crippen molar-refractivity contribution in [1.29, 1.82) is 0 Å². The van der Waals surface area contributed by atoms with Gasteiger partial charge in [-0.1, -0.05) is 12.1 Å². The number of carbonyl (C=O) groups is 3. The quantitative estimate of drug-likeness (QED) is 0.281. The fraction of sp³-hybridized carbons (Fsp3) is 0.192. The van der Waals surface area contributed by atoms with E-state index in [1.165, 1.54) is 35.2 Å². The fourth-order valence-corrected chi connectivity index (χ4v) is 3.97. The van der Waals surface area contributed by atoms with Crippen LogP contribution in [0.4, 0.5) is 11.4 Å². The number of fused-ring (bicyclic) bond motifs is 1. The maximum atomic E-state index is 13.2. The molecule has 0 aromatic heterocycles. The van der Waals surface area contributed by atoms with Crippen LogP contribution in [0, 0.1) is 10.1 Å². The van der Waals surface area contributed by atoms with Gasteiger partial charge in [-0.25, -0.2) is 4.90 Å². The third-order valence-electron chi connectivity index (χ3n) is 6.00. The van der Waals surface area contributed by atoms with E-state index in [9.17, 15) is 24.5 Å². The van der Waals surface area contributed by atoms with Crippen molar-refractivity contribution in [1.82, 2.24) is 4.90 Å². The van der Waals surface area contributed by atoms with Crippen molar-refractivity contribution in [2.24, 2.45) is 0 Å². The number of hydrogen-bond donors (Lipinski definition) is 0. The third-order valence-corrected chi connectivity index (χ3v) is 6.00. The zero-order valence-electron chi connectivity index (χ0n) is 19.4. The Hall–Kier alpha value is -4.53. The Kier molecular flexibility index (Phi) is 6.33. The van der Waals surface area contributed by atoms with E-state index in [-0.39, 0.29) is 28.3 Å². The molecule has 35 heavy (non-hydrogen) atoms. The lowest BCUT2D eigenvalue weighted by molar-refractivity contribution is -0.384. The van der Waals surface area contributed by atoms with Gasteiger partial charge in [0.2, 0.25) is 0 Å². The van der Waals surface area contributed by atoms with Gasteiger partial charge in [0, 0.05) is 24.7 Å². The molecule has 0 bridgehead atoms. The minimum atomic E-state index is -0.516. The minimum Gasteiger partial charge on any atom is -0.494 e. The summed E-state index contributed by atoms with van der Waals surface area (Å²) in [6.45, 7) is 4.11. The highest BCUT2D eigenvalue weighted by Gasteiger charge is 2.37. The number of nitro groups is 1. The minimum absolute atomic E-state index is 0.0637. The first-order valence-electron chi connectivity index (χ1n) is 11.0. The first-order chi connectivity index (χ1) is 16.7. The molecule has 1 aliphatic heterocycles. The van der Waals surface area contributed by atoms with Crippen LogP contribution in [0.25, 0.3) is 0 Å². The summed E-state index contributed by atoms with van der Waals surface area (Å²) in [6.07, 6.45) is 0. The summed E-state index contributed by atoms with van der Waals surface area (Å²) in [5.74, 6) is -0.738. The number of carbonyl (C=O) groups excluding carboxylic acids is 3. The summed E-state index contributed by atoms with van der Waals surface area (Å²) >= 11 is 0. The Morgan fingerprint density at radius 2 is 1.71 bits per heavy atom. The topological polar surface area (TPSA) is 110 Å². The molecule has 0 saturated heterocycles. The number of amides is 3. The van der Waals surface area contributed by atoms with Crippen LogP contribution >= 0.6 is 0 Å². The largest absolute Gasteiger partial charge is 0.494 e. The Morgan fingerprint density at radius 3 is 2.37 bits per heavy atom. The van der Waals surface area contributed by atoms with Crippen molar-refractivity contribution < 1.29 is 24.0 Å². The van der Waals surface area contributed by atoms with Crippen LogP contribution in [0.15, 0.2) is 66.7 Å². The maximum absolute atomic E-state index is 13.2. The molecule has 3 aromatic rings. The van der Waals surface area contributed by atoms with E-state index in [1.807, 2.05) is 6.92 Å². The molecule has 178 valence electrons. The van der Waals surface area contributed by atoms with Crippen LogP contribution < -0.4 is 9.64 Å². The Bertz CT molecular complexity index is 1340. The van der Waals surface area contributed by atoms with Crippen molar-refractivity contribution in [3.8, 4) is 5.75 Å². The van der Waals surface area contributed by atoms with Gasteiger partial charge in [-0.2, -0.15) is 0 Å². The number of imide groups is 1. The number of ether oxygens (including phenoxy) is 1. The molecule has 0 spiro atoms. The summed E-state index contributed by atoms with van der Waals surface area (Å²) in [5, 5.41) is 11.1. The van der Waals surface area contributed by atoms with Crippen LogP contribution in [0.1, 0.15) is 56.5 Å². The second-order valence-electron chi connectivity index (χ2n) is 8.08.